The lowest BCUT2D eigenvalue weighted by Crippen LogP contribution is -2.46. The standard InChI is InChI=1S/C12H23N3O3/c1-14(2)11(16)9-15-6-4-10(5-7-15)13-8-12(17)18-3/h10,13H,4-9H2,1-3H3. The Hall–Kier alpha value is -1.14. The van der Waals surface area contributed by atoms with Crippen LogP contribution < -0.4 is 5.32 Å². The van der Waals surface area contributed by atoms with E-state index in [-0.39, 0.29) is 18.4 Å². The van der Waals surface area contributed by atoms with E-state index < -0.39 is 0 Å². The summed E-state index contributed by atoms with van der Waals surface area (Å²) < 4.78 is 4.58. The summed E-state index contributed by atoms with van der Waals surface area (Å²) in [6.45, 7) is 2.52. The highest BCUT2D eigenvalue weighted by molar-refractivity contribution is 5.77. The smallest absolute Gasteiger partial charge is 0.319 e. The van der Waals surface area contributed by atoms with Gasteiger partial charge in [0.1, 0.15) is 0 Å². The molecule has 0 unspecified atom stereocenters. The van der Waals surface area contributed by atoms with Gasteiger partial charge in [-0.15, -0.1) is 0 Å². The highest BCUT2D eigenvalue weighted by Gasteiger charge is 2.21. The highest BCUT2D eigenvalue weighted by atomic mass is 16.5. The normalized spacial score (nSPS) is 17.5. The second-order valence-corrected chi connectivity index (χ2v) is 4.80. The van der Waals surface area contributed by atoms with Crippen molar-refractivity contribution in [3.05, 3.63) is 0 Å². The fraction of sp³-hybridized carbons (Fsp3) is 0.833. The van der Waals surface area contributed by atoms with Crippen LogP contribution in [0, 0.1) is 0 Å². The Bertz CT molecular complexity index is 286. The van der Waals surface area contributed by atoms with E-state index >= 15 is 0 Å². The van der Waals surface area contributed by atoms with Gasteiger partial charge in [0.15, 0.2) is 0 Å². The van der Waals surface area contributed by atoms with Crippen molar-refractivity contribution in [1.82, 2.24) is 15.1 Å². The summed E-state index contributed by atoms with van der Waals surface area (Å²) in [6, 6.07) is 0.342. The molecule has 1 fully saturated rings. The average Bonchev–Trinajstić information content (AvgIpc) is 2.37. The molecule has 0 aromatic rings. The van der Waals surface area contributed by atoms with Crippen molar-refractivity contribution >= 4 is 11.9 Å². The maximum atomic E-state index is 11.6. The molecular formula is C12H23N3O3. The van der Waals surface area contributed by atoms with Crippen LogP contribution in [0.3, 0.4) is 0 Å². The summed E-state index contributed by atoms with van der Waals surface area (Å²) in [4.78, 5) is 26.3. The molecule has 18 heavy (non-hydrogen) atoms. The lowest BCUT2D eigenvalue weighted by atomic mass is 10.1. The molecule has 104 valence electrons. The number of carbonyl (C=O) groups is 2. The second-order valence-electron chi connectivity index (χ2n) is 4.80. The van der Waals surface area contributed by atoms with Crippen molar-refractivity contribution in [3.63, 3.8) is 0 Å². The van der Waals surface area contributed by atoms with Gasteiger partial charge in [0, 0.05) is 33.2 Å². The number of likely N-dealkylation sites (N-methyl/N-ethyl adjacent to an activating group) is 1. The lowest BCUT2D eigenvalue weighted by molar-refractivity contribution is -0.139. The fourth-order valence-electron chi connectivity index (χ4n) is 1.93. The summed E-state index contributed by atoms with van der Waals surface area (Å²) in [7, 11) is 4.93. The Morgan fingerprint density at radius 1 is 1.33 bits per heavy atom. The predicted octanol–water partition coefficient (Wildman–Crippen LogP) is -0.698. The molecule has 0 bridgehead atoms. The summed E-state index contributed by atoms with van der Waals surface area (Å²) in [6.07, 6.45) is 1.91. The number of hydrogen-bond donors (Lipinski definition) is 1. The van der Waals surface area contributed by atoms with Crippen molar-refractivity contribution in [2.75, 3.05) is 47.4 Å². The Morgan fingerprint density at radius 3 is 2.44 bits per heavy atom. The molecule has 0 aliphatic carbocycles. The Labute approximate surface area is 108 Å². The molecule has 1 aliphatic rings. The number of nitrogens with one attached hydrogen (secondary N) is 1. The SMILES string of the molecule is COC(=O)CNC1CCN(CC(=O)N(C)C)CC1. The third kappa shape index (κ3) is 5.01. The van der Waals surface area contributed by atoms with E-state index in [9.17, 15) is 9.59 Å². The van der Waals surface area contributed by atoms with Gasteiger partial charge in [-0.2, -0.15) is 0 Å². The first-order chi connectivity index (χ1) is 8.52. The van der Waals surface area contributed by atoms with Crippen LogP contribution in [-0.2, 0) is 14.3 Å². The van der Waals surface area contributed by atoms with Crippen LogP contribution in [0.4, 0.5) is 0 Å². The monoisotopic (exact) mass is 257 g/mol. The van der Waals surface area contributed by atoms with Gasteiger partial charge in [0.25, 0.3) is 0 Å². The zero-order chi connectivity index (χ0) is 13.5. The van der Waals surface area contributed by atoms with E-state index in [0.717, 1.165) is 25.9 Å². The molecule has 0 radical (unpaired) electrons. The number of rotatable bonds is 5. The minimum atomic E-state index is -0.236. The van der Waals surface area contributed by atoms with Gasteiger partial charge in [-0.25, -0.2) is 0 Å². The van der Waals surface area contributed by atoms with Crippen molar-refractivity contribution in [2.45, 2.75) is 18.9 Å². The van der Waals surface area contributed by atoms with E-state index in [0.29, 0.717) is 12.6 Å². The van der Waals surface area contributed by atoms with E-state index in [4.69, 9.17) is 0 Å². The van der Waals surface area contributed by atoms with Gasteiger partial charge in [-0.05, 0) is 12.8 Å². The largest absolute Gasteiger partial charge is 0.468 e. The number of methoxy groups -OCH3 is 1. The molecule has 6 nitrogen and oxygen atoms in total. The maximum Gasteiger partial charge on any atom is 0.319 e. The number of ether oxygens (including phenoxy) is 1. The molecular weight excluding hydrogens is 234 g/mol. The topological polar surface area (TPSA) is 61.9 Å². The van der Waals surface area contributed by atoms with Gasteiger partial charge in [0.2, 0.25) is 5.91 Å². The van der Waals surface area contributed by atoms with Crippen molar-refractivity contribution in [1.29, 1.82) is 0 Å². The summed E-state index contributed by atoms with van der Waals surface area (Å²) in [5, 5.41) is 3.17. The van der Waals surface area contributed by atoms with E-state index in [1.165, 1.54) is 7.11 Å². The van der Waals surface area contributed by atoms with E-state index in [1.54, 1.807) is 19.0 Å². The first-order valence-corrected chi connectivity index (χ1v) is 6.25. The zero-order valence-corrected chi connectivity index (χ0v) is 11.4. The molecule has 0 spiro atoms. The Morgan fingerprint density at radius 2 is 1.94 bits per heavy atom. The molecule has 1 amide bonds. The molecule has 0 atom stereocenters. The van der Waals surface area contributed by atoms with Gasteiger partial charge >= 0.3 is 5.97 Å². The number of carbonyl (C=O) groups excluding carboxylic acids is 2. The highest BCUT2D eigenvalue weighted by Crippen LogP contribution is 2.10. The van der Waals surface area contributed by atoms with Crippen molar-refractivity contribution in [2.24, 2.45) is 0 Å². The van der Waals surface area contributed by atoms with Crippen LogP contribution in [0.25, 0.3) is 0 Å². The fourth-order valence-corrected chi connectivity index (χ4v) is 1.93. The van der Waals surface area contributed by atoms with Crippen LogP contribution in [0.1, 0.15) is 12.8 Å². The van der Waals surface area contributed by atoms with E-state index in [1.807, 2.05) is 0 Å². The number of piperidine rings is 1. The number of hydrogen-bond acceptors (Lipinski definition) is 5. The van der Waals surface area contributed by atoms with Crippen LogP contribution in [0.5, 0.6) is 0 Å². The second kappa shape index (κ2) is 7.33. The third-order valence-corrected chi connectivity index (χ3v) is 3.21. The number of amides is 1. The van der Waals surface area contributed by atoms with Crippen LogP contribution in [-0.4, -0.2) is 75.1 Å². The number of likely N-dealkylation sites (tertiary alicyclic amines) is 1. The minimum Gasteiger partial charge on any atom is -0.468 e. The molecule has 0 saturated carbocycles. The van der Waals surface area contributed by atoms with Crippen LogP contribution in [0.15, 0.2) is 0 Å². The van der Waals surface area contributed by atoms with Gasteiger partial charge in [-0.1, -0.05) is 0 Å². The Balaban J connectivity index is 2.20. The Kier molecular flexibility index (Phi) is 6.07. The lowest BCUT2D eigenvalue weighted by Gasteiger charge is -2.32. The van der Waals surface area contributed by atoms with Crippen molar-refractivity contribution in [3.8, 4) is 0 Å². The quantitative estimate of drug-likeness (QED) is 0.660. The minimum absolute atomic E-state index is 0.135. The molecule has 1 N–H and O–H groups in total. The molecule has 1 rings (SSSR count). The van der Waals surface area contributed by atoms with E-state index in [2.05, 4.69) is 15.0 Å². The zero-order valence-electron chi connectivity index (χ0n) is 11.4. The molecule has 1 saturated heterocycles. The number of nitrogens with zero attached hydrogens (tertiary/aromatic N) is 2. The maximum absolute atomic E-state index is 11.6. The first kappa shape index (κ1) is 14.9. The molecule has 0 aromatic carbocycles. The molecule has 0 aromatic heterocycles. The number of esters is 1. The third-order valence-electron chi connectivity index (χ3n) is 3.21. The molecule has 1 heterocycles. The molecule has 6 heteroatoms. The van der Waals surface area contributed by atoms with Crippen molar-refractivity contribution < 1.29 is 14.3 Å². The summed E-state index contributed by atoms with van der Waals surface area (Å²) >= 11 is 0. The van der Waals surface area contributed by atoms with Crippen LogP contribution >= 0.6 is 0 Å². The summed E-state index contributed by atoms with van der Waals surface area (Å²) in [5.74, 6) is -0.101. The first-order valence-electron chi connectivity index (χ1n) is 6.25. The van der Waals surface area contributed by atoms with Crippen LogP contribution in [0.2, 0.25) is 0 Å². The molecule has 1 aliphatic heterocycles. The predicted molar refractivity (Wildman–Crippen MR) is 68.2 cm³/mol. The van der Waals surface area contributed by atoms with Gasteiger partial charge in [-0.3, -0.25) is 14.5 Å². The average molecular weight is 257 g/mol. The van der Waals surface area contributed by atoms with Gasteiger partial charge in [0.05, 0.1) is 20.2 Å². The summed E-state index contributed by atoms with van der Waals surface area (Å²) in [5.41, 5.74) is 0. The van der Waals surface area contributed by atoms with Gasteiger partial charge < -0.3 is 15.0 Å².